The standard InChI is InChI=1S/C16H23BrO/c1-9(2)12-8-14(17)10(3)7-13(12)16(5,6)15-11(4)18-15/h7-9,11,15H,1-6H3. The van der Waals surface area contributed by atoms with Crippen LogP contribution in [0.25, 0.3) is 0 Å². The lowest BCUT2D eigenvalue weighted by Gasteiger charge is -2.28. The van der Waals surface area contributed by atoms with Gasteiger partial charge in [0.1, 0.15) is 0 Å². The average molecular weight is 311 g/mol. The van der Waals surface area contributed by atoms with E-state index in [9.17, 15) is 0 Å². The van der Waals surface area contributed by atoms with Crippen LogP contribution in [0.1, 0.15) is 57.2 Å². The summed E-state index contributed by atoms with van der Waals surface area (Å²) in [6.07, 6.45) is 0.750. The molecule has 1 aliphatic heterocycles. The van der Waals surface area contributed by atoms with Gasteiger partial charge in [-0.3, -0.25) is 0 Å². The van der Waals surface area contributed by atoms with Gasteiger partial charge in [-0.1, -0.05) is 49.7 Å². The summed E-state index contributed by atoms with van der Waals surface area (Å²) in [6.45, 7) is 13.4. The van der Waals surface area contributed by atoms with E-state index in [1.165, 1.54) is 21.2 Å². The van der Waals surface area contributed by atoms with Gasteiger partial charge >= 0.3 is 0 Å². The molecule has 2 rings (SSSR count). The van der Waals surface area contributed by atoms with Gasteiger partial charge in [0.15, 0.2) is 0 Å². The highest BCUT2D eigenvalue weighted by molar-refractivity contribution is 9.10. The Morgan fingerprint density at radius 3 is 2.28 bits per heavy atom. The normalized spacial score (nSPS) is 23.6. The van der Waals surface area contributed by atoms with Crippen LogP contribution in [0.4, 0.5) is 0 Å². The second-order valence-electron chi connectivity index (χ2n) is 6.33. The molecule has 1 saturated heterocycles. The first-order chi connectivity index (χ1) is 8.25. The topological polar surface area (TPSA) is 12.5 Å². The maximum atomic E-state index is 5.73. The number of hydrogen-bond donors (Lipinski definition) is 0. The molecule has 0 radical (unpaired) electrons. The third-order valence-corrected chi connectivity index (χ3v) is 4.92. The van der Waals surface area contributed by atoms with Crippen molar-refractivity contribution in [1.29, 1.82) is 0 Å². The van der Waals surface area contributed by atoms with Crippen molar-refractivity contribution in [3.05, 3.63) is 33.3 Å². The number of ether oxygens (including phenoxy) is 1. The summed E-state index contributed by atoms with van der Waals surface area (Å²) in [7, 11) is 0. The SMILES string of the molecule is Cc1cc(C(C)(C)C2OC2C)c(C(C)C)cc1Br. The zero-order valence-electron chi connectivity index (χ0n) is 12.2. The Labute approximate surface area is 119 Å². The van der Waals surface area contributed by atoms with Crippen LogP contribution in [-0.2, 0) is 10.2 Å². The summed E-state index contributed by atoms with van der Waals surface area (Å²) < 4.78 is 6.93. The van der Waals surface area contributed by atoms with Gasteiger partial charge in [0, 0.05) is 9.89 Å². The van der Waals surface area contributed by atoms with Gasteiger partial charge in [0.05, 0.1) is 12.2 Å². The van der Waals surface area contributed by atoms with Crippen molar-refractivity contribution in [3.8, 4) is 0 Å². The fourth-order valence-electron chi connectivity index (χ4n) is 2.83. The van der Waals surface area contributed by atoms with Gasteiger partial charge in [-0.2, -0.15) is 0 Å². The molecule has 2 heteroatoms. The van der Waals surface area contributed by atoms with E-state index in [4.69, 9.17) is 4.74 Å². The fraction of sp³-hybridized carbons (Fsp3) is 0.625. The van der Waals surface area contributed by atoms with Crippen LogP contribution in [0.15, 0.2) is 16.6 Å². The molecule has 0 bridgehead atoms. The number of aryl methyl sites for hydroxylation is 1. The molecule has 1 aromatic carbocycles. The molecule has 2 atom stereocenters. The van der Waals surface area contributed by atoms with E-state index in [0.29, 0.717) is 18.1 Å². The summed E-state index contributed by atoms with van der Waals surface area (Å²) in [5.74, 6) is 0.533. The van der Waals surface area contributed by atoms with E-state index in [1.54, 1.807) is 0 Å². The van der Waals surface area contributed by atoms with E-state index in [-0.39, 0.29) is 5.41 Å². The van der Waals surface area contributed by atoms with Gasteiger partial charge in [-0.25, -0.2) is 0 Å². The van der Waals surface area contributed by atoms with Crippen LogP contribution < -0.4 is 0 Å². The largest absolute Gasteiger partial charge is 0.369 e. The Balaban J connectivity index is 2.52. The van der Waals surface area contributed by atoms with E-state index in [2.05, 4.69) is 69.6 Å². The lowest BCUT2D eigenvalue weighted by Crippen LogP contribution is -2.28. The highest BCUT2D eigenvalue weighted by Gasteiger charge is 2.48. The van der Waals surface area contributed by atoms with Crippen molar-refractivity contribution in [1.82, 2.24) is 0 Å². The van der Waals surface area contributed by atoms with Crippen molar-refractivity contribution >= 4 is 15.9 Å². The first kappa shape index (κ1) is 14.1. The highest BCUT2D eigenvalue weighted by atomic mass is 79.9. The van der Waals surface area contributed by atoms with Crippen LogP contribution in [0.5, 0.6) is 0 Å². The first-order valence-electron chi connectivity index (χ1n) is 6.71. The minimum Gasteiger partial charge on any atom is -0.369 e. The highest BCUT2D eigenvalue weighted by Crippen LogP contribution is 2.44. The molecule has 0 aromatic heterocycles. The first-order valence-corrected chi connectivity index (χ1v) is 7.50. The second-order valence-corrected chi connectivity index (χ2v) is 7.18. The number of epoxide rings is 1. The fourth-order valence-corrected chi connectivity index (χ4v) is 3.19. The van der Waals surface area contributed by atoms with Gasteiger partial charge in [0.2, 0.25) is 0 Å². The summed E-state index contributed by atoms with van der Waals surface area (Å²) in [5, 5.41) is 0. The Hall–Kier alpha value is -0.340. The molecule has 2 unspecified atom stereocenters. The number of halogens is 1. The van der Waals surface area contributed by atoms with Gasteiger partial charge < -0.3 is 4.74 Å². The van der Waals surface area contributed by atoms with E-state index in [0.717, 1.165) is 0 Å². The quantitative estimate of drug-likeness (QED) is 0.720. The number of hydrogen-bond acceptors (Lipinski definition) is 1. The molecule has 1 aromatic rings. The Morgan fingerprint density at radius 1 is 1.28 bits per heavy atom. The van der Waals surface area contributed by atoms with E-state index >= 15 is 0 Å². The maximum absolute atomic E-state index is 5.73. The lowest BCUT2D eigenvalue weighted by atomic mass is 9.75. The molecule has 1 fully saturated rings. The average Bonchev–Trinajstić information content (AvgIpc) is 2.99. The molecule has 1 nitrogen and oxygen atoms in total. The Morgan fingerprint density at radius 2 is 1.83 bits per heavy atom. The molecule has 0 amide bonds. The predicted molar refractivity (Wildman–Crippen MR) is 80.3 cm³/mol. The molecule has 18 heavy (non-hydrogen) atoms. The van der Waals surface area contributed by atoms with Crippen LogP contribution in [0.2, 0.25) is 0 Å². The van der Waals surface area contributed by atoms with Gasteiger partial charge in [-0.15, -0.1) is 0 Å². The smallest absolute Gasteiger partial charge is 0.0930 e. The minimum atomic E-state index is 0.0878. The molecule has 0 spiro atoms. The van der Waals surface area contributed by atoms with Crippen molar-refractivity contribution in [2.75, 3.05) is 0 Å². The van der Waals surface area contributed by atoms with Crippen molar-refractivity contribution < 1.29 is 4.74 Å². The molecular weight excluding hydrogens is 288 g/mol. The van der Waals surface area contributed by atoms with Crippen LogP contribution >= 0.6 is 15.9 Å². The number of benzene rings is 1. The predicted octanol–water partition coefficient (Wildman–Crippen LogP) is 4.95. The molecule has 100 valence electrons. The van der Waals surface area contributed by atoms with Crippen LogP contribution in [-0.4, -0.2) is 12.2 Å². The zero-order valence-corrected chi connectivity index (χ0v) is 13.8. The molecule has 1 heterocycles. The molecular formula is C16H23BrO. The second kappa shape index (κ2) is 4.64. The molecule has 0 aliphatic carbocycles. The molecule has 0 N–H and O–H groups in total. The molecule has 0 saturated carbocycles. The third-order valence-electron chi connectivity index (χ3n) is 4.07. The van der Waals surface area contributed by atoms with Gasteiger partial charge in [0.25, 0.3) is 0 Å². The van der Waals surface area contributed by atoms with E-state index < -0.39 is 0 Å². The van der Waals surface area contributed by atoms with Crippen molar-refractivity contribution in [3.63, 3.8) is 0 Å². The lowest BCUT2D eigenvalue weighted by molar-refractivity contribution is 0.308. The monoisotopic (exact) mass is 310 g/mol. The summed E-state index contributed by atoms with van der Waals surface area (Å²) in [4.78, 5) is 0. The molecule has 1 aliphatic rings. The van der Waals surface area contributed by atoms with E-state index in [1.807, 2.05) is 0 Å². The zero-order chi connectivity index (χ0) is 13.7. The Bertz CT molecular complexity index is 462. The summed E-state index contributed by atoms with van der Waals surface area (Å²) >= 11 is 3.65. The van der Waals surface area contributed by atoms with Crippen molar-refractivity contribution in [2.24, 2.45) is 0 Å². The Kier molecular flexibility index (Phi) is 3.63. The van der Waals surface area contributed by atoms with Gasteiger partial charge in [-0.05, 0) is 42.5 Å². The summed E-state index contributed by atoms with van der Waals surface area (Å²) in [6, 6.07) is 4.61. The summed E-state index contributed by atoms with van der Waals surface area (Å²) in [5.41, 5.74) is 4.26. The van der Waals surface area contributed by atoms with Crippen LogP contribution in [0.3, 0.4) is 0 Å². The minimum absolute atomic E-state index is 0.0878. The third kappa shape index (κ3) is 2.37. The number of rotatable bonds is 3. The van der Waals surface area contributed by atoms with Crippen LogP contribution in [0, 0.1) is 6.92 Å². The van der Waals surface area contributed by atoms with Crippen molar-refractivity contribution in [2.45, 2.75) is 65.1 Å². The maximum Gasteiger partial charge on any atom is 0.0930 e.